The van der Waals surface area contributed by atoms with E-state index in [-0.39, 0.29) is 30.3 Å². The van der Waals surface area contributed by atoms with E-state index in [1.54, 1.807) is 0 Å². The van der Waals surface area contributed by atoms with Crippen molar-refractivity contribution in [3.63, 3.8) is 0 Å². The Morgan fingerprint density at radius 1 is 1.41 bits per heavy atom. The Bertz CT molecular complexity index is 371. The van der Waals surface area contributed by atoms with Crippen molar-refractivity contribution in [1.29, 1.82) is 0 Å². The molecule has 5 heteroatoms. The first kappa shape index (κ1) is 16.4. The molecule has 0 heterocycles. The standard InChI is InChI=1S/C12H17BrN2O.ClH/c1-8(9(2)14)12(16)15-7-10-5-3-4-6-11(10)13;/h3-6,8-9H,7,14H2,1-2H3,(H,15,16);1H. The Labute approximate surface area is 117 Å². The molecule has 0 aliphatic heterocycles. The Balaban J connectivity index is 0.00000256. The van der Waals surface area contributed by atoms with Crippen LogP contribution in [0.4, 0.5) is 0 Å². The van der Waals surface area contributed by atoms with Crippen LogP contribution in [0.25, 0.3) is 0 Å². The highest BCUT2D eigenvalue weighted by Gasteiger charge is 2.16. The predicted octanol–water partition coefficient (Wildman–Crippen LogP) is 2.47. The van der Waals surface area contributed by atoms with Gasteiger partial charge in [0.25, 0.3) is 0 Å². The lowest BCUT2D eigenvalue weighted by molar-refractivity contribution is -0.125. The molecule has 0 saturated heterocycles. The number of carbonyl (C=O) groups excluding carboxylic acids is 1. The molecule has 1 aromatic rings. The number of nitrogens with one attached hydrogen (secondary N) is 1. The Kier molecular flexibility index (Phi) is 7.43. The fourth-order valence-corrected chi connectivity index (χ4v) is 1.65. The smallest absolute Gasteiger partial charge is 0.224 e. The second kappa shape index (κ2) is 7.69. The highest BCUT2D eigenvalue weighted by Crippen LogP contribution is 2.15. The maximum absolute atomic E-state index is 11.7. The second-order valence-electron chi connectivity index (χ2n) is 3.96. The molecule has 3 N–H and O–H groups in total. The van der Waals surface area contributed by atoms with Gasteiger partial charge in [-0.2, -0.15) is 0 Å². The third-order valence-electron chi connectivity index (χ3n) is 2.61. The van der Waals surface area contributed by atoms with Crippen LogP contribution < -0.4 is 11.1 Å². The zero-order valence-corrected chi connectivity index (χ0v) is 12.3. The first-order valence-corrected chi connectivity index (χ1v) is 6.08. The lowest BCUT2D eigenvalue weighted by Gasteiger charge is -2.15. The lowest BCUT2D eigenvalue weighted by atomic mass is 10.0. The first-order chi connectivity index (χ1) is 7.52. The summed E-state index contributed by atoms with van der Waals surface area (Å²) in [6.45, 7) is 4.19. The van der Waals surface area contributed by atoms with Gasteiger partial charge >= 0.3 is 0 Å². The maximum atomic E-state index is 11.7. The molecule has 0 saturated carbocycles. The van der Waals surface area contributed by atoms with Crippen molar-refractivity contribution in [2.24, 2.45) is 11.7 Å². The van der Waals surface area contributed by atoms with Gasteiger partial charge < -0.3 is 11.1 Å². The molecule has 2 unspecified atom stereocenters. The van der Waals surface area contributed by atoms with E-state index in [9.17, 15) is 4.79 Å². The fourth-order valence-electron chi connectivity index (χ4n) is 1.22. The number of hydrogen-bond donors (Lipinski definition) is 2. The number of rotatable bonds is 4. The molecule has 0 radical (unpaired) electrons. The highest BCUT2D eigenvalue weighted by molar-refractivity contribution is 9.10. The molecular weight excluding hydrogens is 304 g/mol. The van der Waals surface area contributed by atoms with Crippen LogP contribution in [0, 0.1) is 5.92 Å². The molecule has 0 aliphatic carbocycles. The topological polar surface area (TPSA) is 55.1 Å². The first-order valence-electron chi connectivity index (χ1n) is 5.29. The number of carbonyl (C=O) groups is 1. The minimum absolute atomic E-state index is 0. The van der Waals surface area contributed by atoms with Gasteiger partial charge in [0.05, 0.1) is 0 Å². The molecular formula is C12H18BrClN2O. The average Bonchev–Trinajstić information content (AvgIpc) is 2.26. The van der Waals surface area contributed by atoms with Gasteiger partial charge in [0, 0.05) is 23.0 Å². The van der Waals surface area contributed by atoms with Crippen LogP contribution in [0.3, 0.4) is 0 Å². The van der Waals surface area contributed by atoms with Crippen LogP contribution in [-0.2, 0) is 11.3 Å². The van der Waals surface area contributed by atoms with Crippen molar-refractivity contribution in [2.45, 2.75) is 26.4 Å². The zero-order valence-electron chi connectivity index (χ0n) is 9.94. The third kappa shape index (κ3) is 5.06. The van der Waals surface area contributed by atoms with Crippen molar-refractivity contribution in [3.05, 3.63) is 34.3 Å². The summed E-state index contributed by atoms with van der Waals surface area (Å²) in [4.78, 5) is 11.7. The predicted molar refractivity (Wildman–Crippen MR) is 76.1 cm³/mol. The van der Waals surface area contributed by atoms with Gasteiger partial charge in [-0.3, -0.25) is 4.79 Å². The molecule has 1 aromatic carbocycles. The molecule has 0 bridgehead atoms. The normalized spacial score (nSPS) is 13.4. The van der Waals surface area contributed by atoms with Crippen LogP contribution in [0.15, 0.2) is 28.7 Å². The Morgan fingerprint density at radius 3 is 2.53 bits per heavy atom. The molecule has 0 aromatic heterocycles. The van der Waals surface area contributed by atoms with Crippen molar-refractivity contribution in [3.8, 4) is 0 Å². The minimum atomic E-state index is -0.164. The van der Waals surface area contributed by atoms with Crippen LogP contribution in [-0.4, -0.2) is 11.9 Å². The summed E-state index contributed by atoms with van der Waals surface area (Å²) in [6, 6.07) is 7.69. The van der Waals surface area contributed by atoms with Crippen LogP contribution in [0.5, 0.6) is 0 Å². The number of nitrogens with two attached hydrogens (primary N) is 1. The fraction of sp³-hybridized carbons (Fsp3) is 0.417. The van der Waals surface area contributed by atoms with Crippen molar-refractivity contribution >= 4 is 34.2 Å². The number of amides is 1. The van der Waals surface area contributed by atoms with E-state index in [2.05, 4.69) is 21.2 Å². The van der Waals surface area contributed by atoms with Gasteiger partial charge in [-0.05, 0) is 18.6 Å². The Hall–Kier alpha value is -0.580. The van der Waals surface area contributed by atoms with E-state index >= 15 is 0 Å². The molecule has 17 heavy (non-hydrogen) atoms. The minimum Gasteiger partial charge on any atom is -0.352 e. The zero-order chi connectivity index (χ0) is 12.1. The van der Waals surface area contributed by atoms with E-state index in [0.29, 0.717) is 6.54 Å². The average molecular weight is 322 g/mol. The molecule has 3 nitrogen and oxygen atoms in total. The van der Waals surface area contributed by atoms with Crippen molar-refractivity contribution in [2.75, 3.05) is 0 Å². The van der Waals surface area contributed by atoms with E-state index in [1.165, 1.54) is 0 Å². The summed E-state index contributed by atoms with van der Waals surface area (Å²) in [5.41, 5.74) is 6.73. The molecule has 2 atom stereocenters. The number of halogens is 2. The summed E-state index contributed by atoms with van der Waals surface area (Å²) >= 11 is 3.44. The summed E-state index contributed by atoms with van der Waals surface area (Å²) in [6.07, 6.45) is 0. The van der Waals surface area contributed by atoms with Gasteiger partial charge in [0.15, 0.2) is 0 Å². The van der Waals surface area contributed by atoms with E-state index < -0.39 is 0 Å². The lowest BCUT2D eigenvalue weighted by Crippen LogP contribution is -2.38. The molecule has 96 valence electrons. The van der Waals surface area contributed by atoms with Gasteiger partial charge in [0.2, 0.25) is 5.91 Å². The monoisotopic (exact) mass is 320 g/mol. The second-order valence-corrected chi connectivity index (χ2v) is 4.81. The maximum Gasteiger partial charge on any atom is 0.224 e. The molecule has 0 aliphatic rings. The van der Waals surface area contributed by atoms with Crippen LogP contribution in [0.2, 0.25) is 0 Å². The van der Waals surface area contributed by atoms with Gasteiger partial charge in [-0.15, -0.1) is 12.4 Å². The molecule has 0 fully saturated rings. The van der Waals surface area contributed by atoms with Crippen molar-refractivity contribution in [1.82, 2.24) is 5.32 Å². The summed E-state index contributed by atoms with van der Waals surface area (Å²) < 4.78 is 1.00. The Morgan fingerprint density at radius 2 is 2.00 bits per heavy atom. The van der Waals surface area contributed by atoms with Gasteiger partial charge in [0.1, 0.15) is 0 Å². The summed E-state index contributed by atoms with van der Waals surface area (Å²) in [7, 11) is 0. The van der Waals surface area contributed by atoms with E-state index in [0.717, 1.165) is 10.0 Å². The summed E-state index contributed by atoms with van der Waals surface area (Å²) in [5.74, 6) is -0.173. The van der Waals surface area contributed by atoms with Crippen LogP contribution >= 0.6 is 28.3 Å². The highest BCUT2D eigenvalue weighted by atomic mass is 79.9. The molecule has 1 amide bonds. The number of benzene rings is 1. The van der Waals surface area contributed by atoms with Crippen LogP contribution in [0.1, 0.15) is 19.4 Å². The third-order valence-corrected chi connectivity index (χ3v) is 3.39. The van der Waals surface area contributed by atoms with Crippen molar-refractivity contribution < 1.29 is 4.79 Å². The quantitative estimate of drug-likeness (QED) is 0.895. The van der Waals surface area contributed by atoms with Gasteiger partial charge in [-0.25, -0.2) is 0 Å². The largest absolute Gasteiger partial charge is 0.352 e. The molecule has 0 spiro atoms. The SMILES string of the molecule is CC(N)C(C)C(=O)NCc1ccccc1Br.Cl. The summed E-state index contributed by atoms with van der Waals surface area (Å²) in [5, 5.41) is 2.87. The number of hydrogen-bond acceptors (Lipinski definition) is 2. The van der Waals surface area contributed by atoms with Gasteiger partial charge in [-0.1, -0.05) is 41.1 Å². The van der Waals surface area contributed by atoms with E-state index in [1.807, 2.05) is 38.1 Å². The van der Waals surface area contributed by atoms with E-state index in [4.69, 9.17) is 5.73 Å². The molecule has 1 rings (SSSR count).